The summed E-state index contributed by atoms with van der Waals surface area (Å²) < 4.78 is 5.37. The summed E-state index contributed by atoms with van der Waals surface area (Å²) >= 11 is 1.72. The summed E-state index contributed by atoms with van der Waals surface area (Å²) in [6.45, 7) is 6.11. The fourth-order valence-corrected chi connectivity index (χ4v) is 3.01. The monoisotopic (exact) mass is 334 g/mol. The van der Waals surface area contributed by atoms with Gasteiger partial charge in [0.05, 0.1) is 11.6 Å². The Hall–Kier alpha value is -1.95. The van der Waals surface area contributed by atoms with E-state index in [4.69, 9.17) is 4.74 Å². The summed E-state index contributed by atoms with van der Waals surface area (Å²) in [5.41, 5.74) is 2.91. The zero-order chi connectivity index (χ0) is 16.8. The number of amides is 2. The second-order valence-electron chi connectivity index (χ2n) is 5.26. The molecule has 0 bridgehead atoms. The van der Waals surface area contributed by atoms with Crippen LogP contribution in [0.25, 0.3) is 0 Å². The molecule has 124 valence electrons. The molecule has 0 unspecified atom stereocenters. The van der Waals surface area contributed by atoms with Gasteiger partial charge >= 0.3 is 12.0 Å². The van der Waals surface area contributed by atoms with Gasteiger partial charge in [-0.15, -0.1) is 0 Å². The maximum atomic E-state index is 12.5. The van der Waals surface area contributed by atoms with Gasteiger partial charge in [-0.2, -0.15) is 11.8 Å². The number of carbonyl (C=O) groups is 2. The highest BCUT2D eigenvalue weighted by Crippen LogP contribution is 2.29. The zero-order valence-electron chi connectivity index (χ0n) is 13.6. The van der Waals surface area contributed by atoms with Crippen LogP contribution in [0.3, 0.4) is 0 Å². The van der Waals surface area contributed by atoms with E-state index in [0.29, 0.717) is 17.9 Å². The van der Waals surface area contributed by atoms with Crippen LogP contribution in [0, 0.1) is 6.92 Å². The molecule has 2 rings (SSSR count). The third kappa shape index (κ3) is 4.28. The maximum absolute atomic E-state index is 12.5. The van der Waals surface area contributed by atoms with E-state index >= 15 is 0 Å². The molecule has 0 radical (unpaired) electrons. The molecular weight excluding hydrogens is 312 g/mol. The standard InChI is InChI=1S/C17H22N2O3S/c1-4-23-10-9-22-16(20)14-12(3)18-17(21)19-15(14)13-8-6-5-7-11(13)2/h5-8,15H,4,9-10H2,1-3H3,(H2,18,19,21)/t15-/m0/s1. The van der Waals surface area contributed by atoms with Crippen LogP contribution < -0.4 is 10.6 Å². The molecule has 0 fully saturated rings. The predicted octanol–water partition coefficient (Wildman–Crippen LogP) is 2.92. The molecule has 0 aromatic heterocycles. The molecule has 0 aliphatic carbocycles. The molecule has 6 heteroatoms. The summed E-state index contributed by atoms with van der Waals surface area (Å²) in [6.07, 6.45) is 0. The van der Waals surface area contributed by atoms with Crippen molar-refractivity contribution in [1.29, 1.82) is 0 Å². The topological polar surface area (TPSA) is 67.4 Å². The number of hydrogen-bond acceptors (Lipinski definition) is 4. The second-order valence-corrected chi connectivity index (χ2v) is 6.65. The van der Waals surface area contributed by atoms with Gasteiger partial charge < -0.3 is 15.4 Å². The van der Waals surface area contributed by atoms with Crippen LogP contribution in [0.5, 0.6) is 0 Å². The van der Waals surface area contributed by atoms with Crippen LogP contribution in [0.1, 0.15) is 31.0 Å². The Bertz CT molecular complexity index is 628. The van der Waals surface area contributed by atoms with Crippen LogP contribution in [0.4, 0.5) is 4.79 Å². The summed E-state index contributed by atoms with van der Waals surface area (Å²) in [4.78, 5) is 24.3. The van der Waals surface area contributed by atoms with Gasteiger partial charge in [0.25, 0.3) is 0 Å². The van der Waals surface area contributed by atoms with E-state index < -0.39 is 6.04 Å². The first-order chi connectivity index (χ1) is 11.0. The van der Waals surface area contributed by atoms with Crippen LogP contribution in [0.2, 0.25) is 0 Å². The van der Waals surface area contributed by atoms with Crippen LogP contribution in [-0.2, 0) is 9.53 Å². The van der Waals surface area contributed by atoms with Gasteiger partial charge in [0, 0.05) is 11.4 Å². The maximum Gasteiger partial charge on any atom is 0.338 e. The van der Waals surface area contributed by atoms with Crippen molar-refractivity contribution in [2.24, 2.45) is 0 Å². The number of esters is 1. The number of rotatable bonds is 6. The Morgan fingerprint density at radius 3 is 2.74 bits per heavy atom. The number of aryl methyl sites for hydroxylation is 1. The lowest BCUT2D eigenvalue weighted by molar-refractivity contribution is -0.138. The quantitative estimate of drug-likeness (QED) is 0.620. The molecule has 0 saturated heterocycles. The highest BCUT2D eigenvalue weighted by atomic mass is 32.2. The largest absolute Gasteiger partial charge is 0.461 e. The lowest BCUT2D eigenvalue weighted by atomic mass is 9.92. The zero-order valence-corrected chi connectivity index (χ0v) is 14.5. The Labute approximate surface area is 140 Å². The van der Waals surface area contributed by atoms with Crippen LogP contribution in [0.15, 0.2) is 35.5 Å². The first-order valence-corrected chi connectivity index (χ1v) is 8.78. The number of ether oxygens (including phenoxy) is 1. The molecule has 1 aromatic rings. The number of thioether (sulfide) groups is 1. The number of nitrogens with one attached hydrogen (secondary N) is 2. The van der Waals surface area contributed by atoms with Gasteiger partial charge in [-0.25, -0.2) is 9.59 Å². The van der Waals surface area contributed by atoms with Crippen molar-refractivity contribution in [3.05, 3.63) is 46.7 Å². The van der Waals surface area contributed by atoms with E-state index in [1.54, 1.807) is 18.7 Å². The van der Waals surface area contributed by atoms with Gasteiger partial charge in [0.2, 0.25) is 0 Å². The fraction of sp³-hybridized carbons (Fsp3) is 0.412. The van der Waals surface area contributed by atoms with Crippen molar-refractivity contribution in [3.8, 4) is 0 Å². The van der Waals surface area contributed by atoms with Crippen molar-refractivity contribution >= 4 is 23.8 Å². The molecule has 5 nitrogen and oxygen atoms in total. The van der Waals surface area contributed by atoms with Crippen molar-refractivity contribution in [3.63, 3.8) is 0 Å². The normalized spacial score (nSPS) is 17.5. The number of allylic oxidation sites excluding steroid dienone is 1. The Morgan fingerprint density at radius 2 is 2.04 bits per heavy atom. The minimum Gasteiger partial charge on any atom is -0.461 e. The van der Waals surface area contributed by atoms with Gasteiger partial charge in [-0.05, 0) is 30.7 Å². The van der Waals surface area contributed by atoms with E-state index in [1.165, 1.54) is 0 Å². The summed E-state index contributed by atoms with van der Waals surface area (Å²) in [5.74, 6) is 1.37. The Kier molecular flexibility index (Phi) is 6.10. The highest BCUT2D eigenvalue weighted by Gasteiger charge is 2.32. The summed E-state index contributed by atoms with van der Waals surface area (Å²) in [7, 11) is 0. The molecule has 1 aliphatic heterocycles. The number of urea groups is 1. The van der Waals surface area contributed by atoms with E-state index in [-0.39, 0.29) is 12.0 Å². The number of carbonyl (C=O) groups excluding carboxylic acids is 2. The smallest absolute Gasteiger partial charge is 0.338 e. The van der Waals surface area contributed by atoms with Crippen molar-refractivity contribution in [1.82, 2.24) is 10.6 Å². The van der Waals surface area contributed by atoms with Gasteiger partial charge in [-0.1, -0.05) is 31.2 Å². The van der Waals surface area contributed by atoms with E-state index in [0.717, 1.165) is 22.6 Å². The third-order valence-electron chi connectivity index (χ3n) is 3.65. The van der Waals surface area contributed by atoms with Crippen molar-refractivity contribution < 1.29 is 14.3 Å². The molecule has 23 heavy (non-hydrogen) atoms. The molecule has 1 heterocycles. The van der Waals surface area contributed by atoms with Crippen LogP contribution in [-0.4, -0.2) is 30.1 Å². The molecule has 0 saturated carbocycles. The van der Waals surface area contributed by atoms with Crippen molar-refractivity contribution in [2.45, 2.75) is 26.8 Å². The molecule has 1 aliphatic rings. The van der Waals surface area contributed by atoms with E-state index in [2.05, 4.69) is 17.6 Å². The molecule has 2 N–H and O–H groups in total. The Balaban J connectivity index is 2.25. The Morgan fingerprint density at radius 1 is 1.30 bits per heavy atom. The van der Waals surface area contributed by atoms with Gasteiger partial charge in [0.1, 0.15) is 6.61 Å². The first kappa shape index (κ1) is 17.4. The van der Waals surface area contributed by atoms with Gasteiger partial charge in [-0.3, -0.25) is 0 Å². The molecule has 2 amide bonds. The number of hydrogen-bond donors (Lipinski definition) is 2. The fourth-order valence-electron chi connectivity index (χ4n) is 2.52. The second kappa shape index (κ2) is 8.06. The third-order valence-corrected chi connectivity index (χ3v) is 4.52. The van der Waals surface area contributed by atoms with Gasteiger partial charge in [0.15, 0.2) is 0 Å². The lowest BCUT2D eigenvalue weighted by Gasteiger charge is -2.29. The molecular formula is C17H22N2O3S. The lowest BCUT2D eigenvalue weighted by Crippen LogP contribution is -2.45. The minimum absolute atomic E-state index is 0.311. The van der Waals surface area contributed by atoms with E-state index in [1.807, 2.05) is 31.2 Å². The first-order valence-electron chi connectivity index (χ1n) is 7.63. The van der Waals surface area contributed by atoms with Crippen LogP contribution >= 0.6 is 11.8 Å². The summed E-state index contributed by atoms with van der Waals surface area (Å²) in [5, 5.41) is 5.48. The molecule has 1 atom stereocenters. The highest BCUT2D eigenvalue weighted by molar-refractivity contribution is 7.99. The summed E-state index contributed by atoms with van der Waals surface area (Å²) in [6, 6.07) is 6.90. The minimum atomic E-state index is -0.490. The average Bonchev–Trinajstić information content (AvgIpc) is 2.51. The van der Waals surface area contributed by atoms with E-state index in [9.17, 15) is 9.59 Å². The average molecular weight is 334 g/mol. The number of benzene rings is 1. The molecule has 0 spiro atoms. The van der Waals surface area contributed by atoms with Crippen molar-refractivity contribution in [2.75, 3.05) is 18.1 Å². The SMILES string of the molecule is CCSCCOC(=O)C1=C(C)NC(=O)N[C@H]1c1ccccc1C. The predicted molar refractivity (Wildman–Crippen MR) is 92.2 cm³/mol. The molecule has 1 aromatic carbocycles.